The van der Waals surface area contributed by atoms with Gasteiger partial charge in [0.2, 0.25) is 0 Å². The summed E-state index contributed by atoms with van der Waals surface area (Å²) in [6.45, 7) is 0. The predicted octanol–water partition coefficient (Wildman–Crippen LogP) is 2.72. The molecule has 0 unspecified atom stereocenters. The van der Waals surface area contributed by atoms with Crippen molar-refractivity contribution in [2.24, 2.45) is 0 Å². The maximum atomic E-state index is 12.4. The Morgan fingerprint density at radius 1 is 1.56 bits per heavy atom. The molecule has 0 N–H and O–H groups in total. The highest BCUT2D eigenvalue weighted by Crippen LogP contribution is 2.38. The molecular formula is C7H5BrClF2NO3S. The first kappa shape index (κ1) is 13.6. The SMILES string of the molecule is COc1c(S(=O)(=O)Cl)cnc(C(F)F)c1Br. The van der Waals surface area contributed by atoms with Crippen LogP contribution >= 0.6 is 26.6 Å². The van der Waals surface area contributed by atoms with Gasteiger partial charge in [0, 0.05) is 10.7 Å². The number of nitrogens with zero attached hydrogens (tertiary/aromatic N) is 1. The maximum absolute atomic E-state index is 12.4. The second-order valence-electron chi connectivity index (χ2n) is 2.59. The Labute approximate surface area is 103 Å². The number of halogens is 4. The van der Waals surface area contributed by atoms with Crippen LogP contribution in [0, 0.1) is 0 Å². The Morgan fingerprint density at radius 3 is 2.50 bits per heavy atom. The molecule has 0 saturated carbocycles. The summed E-state index contributed by atoms with van der Waals surface area (Å²) in [5.41, 5.74) is -0.610. The molecule has 0 aliphatic carbocycles. The van der Waals surface area contributed by atoms with Gasteiger partial charge >= 0.3 is 0 Å². The van der Waals surface area contributed by atoms with E-state index < -0.39 is 26.1 Å². The summed E-state index contributed by atoms with van der Waals surface area (Å²) in [4.78, 5) is 2.85. The molecule has 0 aliphatic rings. The predicted molar refractivity (Wildman–Crippen MR) is 56.5 cm³/mol. The van der Waals surface area contributed by atoms with Gasteiger partial charge in [-0.3, -0.25) is 4.98 Å². The summed E-state index contributed by atoms with van der Waals surface area (Å²) < 4.78 is 51.5. The van der Waals surface area contributed by atoms with E-state index in [2.05, 4.69) is 20.9 Å². The zero-order chi connectivity index (χ0) is 12.5. The molecule has 0 aromatic carbocycles. The van der Waals surface area contributed by atoms with Crippen LogP contribution in [0.15, 0.2) is 15.6 Å². The summed E-state index contributed by atoms with van der Waals surface area (Å²) in [6.07, 6.45) is -2.12. The van der Waals surface area contributed by atoms with Crippen LogP contribution in [0.3, 0.4) is 0 Å². The molecule has 9 heteroatoms. The molecule has 16 heavy (non-hydrogen) atoms. The van der Waals surface area contributed by atoms with Crippen molar-refractivity contribution in [1.82, 2.24) is 4.98 Å². The lowest BCUT2D eigenvalue weighted by Crippen LogP contribution is -2.02. The smallest absolute Gasteiger partial charge is 0.281 e. The minimum absolute atomic E-state index is 0.230. The van der Waals surface area contributed by atoms with Gasteiger partial charge < -0.3 is 4.74 Å². The summed E-state index contributed by atoms with van der Waals surface area (Å²) >= 11 is 2.79. The van der Waals surface area contributed by atoms with Crippen LogP contribution in [-0.2, 0) is 9.05 Å². The van der Waals surface area contributed by atoms with E-state index in [-0.39, 0.29) is 10.2 Å². The van der Waals surface area contributed by atoms with Gasteiger partial charge in [-0.1, -0.05) is 0 Å². The number of hydrogen-bond acceptors (Lipinski definition) is 4. The van der Waals surface area contributed by atoms with E-state index in [1.165, 1.54) is 0 Å². The Morgan fingerprint density at radius 2 is 2.12 bits per heavy atom. The number of ether oxygens (including phenoxy) is 1. The lowest BCUT2D eigenvalue weighted by Gasteiger charge is -2.10. The Hall–Kier alpha value is -0.470. The highest BCUT2D eigenvalue weighted by atomic mass is 79.9. The molecule has 0 spiro atoms. The molecule has 0 saturated heterocycles. The Balaban J connectivity index is 3.54. The normalized spacial score (nSPS) is 11.9. The van der Waals surface area contributed by atoms with Crippen LogP contribution in [0.4, 0.5) is 8.78 Å². The van der Waals surface area contributed by atoms with Crippen molar-refractivity contribution in [2.45, 2.75) is 11.3 Å². The van der Waals surface area contributed by atoms with Crippen LogP contribution in [0.25, 0.3) is 0 Å². The lowest BCUT2D eigenvalue weighted by atomic mass is 10.3. The molecule has 1 aromatic rings. The zero-order valence-electron chi connectivity index (χ0n) is 7.75. The van der Waals surface area contributed by atoms with E-state index in [4.69, 9.17) is 15.4 Å². The Kier molecular flexibility index (Phi) is 4.08. The van der Waals surface area contributed by atoms with Gasteiger partial charge in [0.15, 0.2) is 5.75 Å². The minimum atomic E-state index is -4.10. The molecule has 0 radical (unpaired) electrons. The molecule has 1 rings (SSSR count). The van der Waals surface area contributed by atoms with Crippen LogP contribution < -0.4 is 4.74 Å². The van der Waals surface area contributed by atoms with E-state index in [9.17, 15) is 17.2 Å². The molecule has 4 nitrogen and oxygen atoms in total. The quantitative estimate of drug-likeness (QED) is 0.796. The number of pyridine rings is 1. The number of methoxy groups -OCH3 is 1. The largest absolute Gasteiger partial charge is 0.494 e. The number of hydrogen-bond donors (Lipinski definition) is 0. The van der Waals surface area contributed by atoms with Crippen molar-refractivity contribution in [3.8, 4) is 5.75 Å². The van der Waals surface area contributed by atoms with Crippen molar-refractivity contribution in [3.05, 3.63) is 16.4 Å². The third-order valence-electron chi connectivity index (χ3n) is 1.64. The average Bonchev–Trinajstić information content (AvgIpc) is 2.15. The van der Waals surface area contributed by atoms with Gasteiger partial charge in [-0.15, -0.1) is 0 Å². The Bertz CT molecular complexity index is 509. The first-order valence-corrected chi connectivity index (χ1v) is 6.84. The van der Waals surface area contributed by atoms with Gasteiger partial charge in [-0.2, -0.15) is 0 Å². The van der Waals surface area contributed by atoms with Crippen LogP contribution in [0.1, 0.15) is 12.1 Å². The molecule has 1 aromatic heterocycles. The van der Waals surface area contributed by atoms with Gasteiger partial charge in [0.25, 0.3) is 15.5 Å². The fourth-order valence-corrected chi connectivity index (χ4v) is 2.68. The van der Waals surface area contributed by atoms with E-state index in [1.54, 1.807) is 0 Å². The molecule has 0 bridgehead atoms. The maximum Gasteiger partial charge on any atom is 0.281 e. The molecule has 0 atom stereocenters. The van der Waals surface area contributed by atoms with Crippen molar-refractivity contribution in [1.29, 1.82) is 0 Å². The standard InChI is InChI=1S/C7H5BrClF2NO3S/c1-15-6-3(16(9,13)14)2-12-5(4(6)8)7(10)11/h2,7H,1H3. The van der Waals surface area contributed by atoms with Crippen molar-refractivity contribution in [2.75, 3.05) is 7.11 Å². The summed E-state index contributed by atoms with van der Waals surface area (Å²) in [5, 5.41) is 0. The van der Waals surface area contributed by atoms with E-state index in [1.807, 2.05) is 0 Å². The third-order valence-corrected chi connectivity index (χ3v) is 3.72. The highest BCUT2D eigenvalue weighted by molar-refractivity contribution is 9.10. The molecule has 0 aliphatic heterocycles. The van der Waals surface area contributed by atoms with Gasteiger partial charge in [0.05, 0.1) is 17.8 Å². The molecule has 1 heterocycles. The highest BCUT2D eigenvalue weighted by Gasteiger charge is 2.25. The fraction of sp³-hybridized carbons (Fsp3) is 0.286. The zero-order valence-corrected chi connectivity index (χ0v) is 10.9. The summed E-state index contributed by atoms with van der Waals surface area (Å²) in [6, 6.07) is 0. The average molecular weight is 337 g/mol. The molecular weight excluding hydrogens is 332 g/mol. The monoisotopic (exact) mass is 335 g/mol. The van der Waals surface area contributed by atoms with Crippen molar-refractivity contribution in [3.63, 3.8) is 0 Å². The van der Waals surface area contributed by atoms with Crippen LogP contribution in [0.5, 0.6) is 5.75 Å². The topological polar surface area (TPSA) is 56.3 Å². The van der Waals surface area contributed by atoms with Gasteiger partial charge in [0.1, 0.15) is 10.6 Å². The lowest BCUT2D eigenvalue weighted by molar-refractivity contribution is 0.144. The van der Waals surface area contributed by atoms with E-state index in [0.29, 0.717) is 0 Å². The number of alkyl halides is 2. The van der Waals surface area contributed by atoms with Crippen molar-refractivity contribution >= 4 is 35.7 Å². The third kappa shape index (κ3) is 2.61. The van der Waals surface area contributed by atoms with E-state index in [0.717, 1.165) is 13.3 Å². The first-order valence-electron chi connectivity index (χ1n) is 3.74. The number of rotatable bonds is 3. The van der Waals surface area contributed by atoms with Crippen LogP contribution in [-0.4, -0.2) is 20.5 Å². The first-order chi connectivity index (χ1) is 7.29. The molecule has 90 valence electrons. The minimum Gasteiger partial charge on any atom is -0.494 e. The van der Waals surface area contributed by atoms with Gasteiger partial charge in [-0.25, -0.2) is 17.2 Å². The second kappa shape index (κ2) is 4.80. The fourth-order valence-electron chi connectivity index (χ4n) is 0.984. The summed E-state index contributed by atoms with van der Waals surface area (Å²) in [5.74, 6) is -0.291. The second-order valence-corrected chi connectivity index (χ2v) is 5.92. The molecule has 0 fully saturated rings. The number of aromatic nitrogens is 1. The van der Waals surface area contributed by atoms with E-state index >= 15 is 0 Å². The van der Waals surface area contributed by atoms with Crippen LogP contribution in [0.2, 0.25) is 0 Å². The van der Waals surface area contributed by atoms with Crippen molar-refractivity contribution < 1.29 is 21.9 Å². The summed E-state index contributed by atoms with van der Waals surface area (Å²) in [7, 11) is 2.13. The molecule has 0 amide bonds. The van der Waals surface area contributed by atoms with Gasteiger partial charge in [-0.05, 0) is 15.9 Å².